The van der Waals surface area contributed by atoms with Crippen LogP contribution in [0.4, 0.5) is 14.5 Å². The molecule has 19 nitrogen and oxygen atoms in total. The lowest BCUT2D eigenvalue weighted by Gasteiger charge is -2.36. The van der Waals surface area contributed by atoms with Crippen LogP contribution in [0.3, 0.4) is 0 Å². The summed E-state index contributed by atoms with van der Waals surface area (Å²) in [6, 6.07) is 15.1. The van der Waals surface area contributed by atoms with Crippen molar-refractivity contribution < 1.29 is 61.8 Å². The Morgan fingerprint density at radius 2 is 1.48 bits per heavy atom. The number of nitrogens with zero attached hydrogens (tertiary/aromatic N) is 4. The topological polar surface area (TPSA) is 268 Å². The fraction of sp³-hybridized carbons (Fsp3) is 0.483. The summed E-state index contributed by atoms with van der Waals surface area (Å²) >= 11 is 5.93. The van der Waals surface area contributed by atoms with Crippen LogP contribution < -0.4 is 26.2 Å². The number of unbranched alkanes of at least 4 members (excludes halogenated alkanes) is 2. The number of hydrogen-bond donors (Lipinski definition) is 7. The second kappa shape index (κ2) is 26.9. The van der Waals surface area contributed by atoms with Gasteiger partial charge < -0.3 is 50.9 Å². The first-order chi connectivity index (χ1) is 38.9. The van der Waals surface area contributed by atoms with Crippen molar-refractivity contribution in [3.05, 3.63) is 104 Å². The first kappa shape index (κ1) is 64.5. The number of halogens is 3. The molecule has 25 heteroatoms. The van der Waals surface area contributed by atoms with Crippen molar-refractivity contribution >= 4 is 103 Å². The number of aliphatic hydroxyl groups excluding tert-OH is 1. The number of aliphatic hydroxyl groups is 1. The van der Waals surface area contributed by atoms with Crippen LogP contribution in [0.25, 0.3) is 20.5 Å². The fourth-order valence-electron chi connectivity index (χ4n) is 10.1. The van der Waals surface area contributed by atoms with E-state index in [9.17, 15) is 61.8 Å². The number of anilines is 1. The number of amides is 7. The largest absolute Gasteiger partial charge is 0.399 e. The number of thiophene rings is 1. The van der Waals surface area contributed by atoms with Gasteiger partial charge in [0.15, 0.2) is 0 Å². The molecule has 3 aromatic carbocycles. The minimum atomic E-state index is -5.85. The van der Waals surface area contributed by atoms with Gasteiger partial charge in [-0.25, -0.2) is 4.98 Å². The second-order valence-corrected chi connectivity index (χ2v) is 27.7. The molecule has 0 saturated carbocycles. The van der Waals surface area contributed by atoms with Gasteiger partial charge >= 0.3 is 13.3 Å². The van der Waals surface area contributed by atoms with Crippen LogP contribution in [-0.2, 0) is 45.5 Å². The summed E-state index contributed by atoms with van der Waals surface area (Å²) in [6.45, 7) is 13.3. The van der Waals surface area contributed by atoms with Gasteiger partial charge in [0.25, 0.3) is 5.91 Å². The van der Waals surface area contributed by atoms with Gasteiger partial charge in [-0.1, -0.05) is 94.2 Å². The SMILES string of the molecule is Cc1ncsc1-c1ccc(CNC(=O)[C@@H]2C[C@@H](O)CN2C(=O)[C@@H](NC(=O)CCCCCNC(=O)CCN(C(=O)[C@@H]2CCCN2C(=O)[C@@H](NC(=O)c2cc3cc(C(F)(F)P(=O)(O)O)ccc3s2)C(C)(C)C)c2ccc(Br)cc2)C(C)(C)C)cc1. The van der Waals surface area contributed by atoms with E-state index in [-0.39, 0.29) is 74.1 Å². The number of hydrogen-bond acceptors (Lipinski definition) is 12. The quantitative estimate of drug-likeness (QED) is 0.0255. The zero-order valence-corrected chi connectivity index (χ0v) is 51.5. The van der Waals surface area contributed by atoms with Crippen molar-refractivity contribution in [2.45, 2.75) is 142 Å². The number of aromatic nitrogens is 1. The number of rotatable bonds is 22. The molecule has 83 heavy (non-hydrogen) atoms. The van der Waals surface area contributed by atoms with Crippen LogP contribution >= 0.6 is 46.2 Å². The zero-order chi connectivity index (χ0) is 60.8. The van der Waals surface area contributed by atoms with Gasteiger partial charge in [0, 0.05) is 72.4 Å². The normalized spacial score (nSPS) is 17.5. The Morgan fingerprint density at radius 3 is 2.12 bits per heavy atom. The van der Waals surface area contributed by atoms with Crippen LogP contribution in [0, 0.1) is 17.8 Å². The van der Waals surface area contributed by atoms with E-state index in [1.807, 2.05) is 52.0 Å². The summed E-state index contributed by atoms with van der Waals surface area (Å²) in [5.41, 5.74) is -1.88. The first-order valence-corrected chi connectivity index (χ1v) is 31.5. The maximum absolute atomic E-state index is 14.6. The molecule has 7 amide bonds. The summed E-state index contributed by atoms with van der Waals surface area (Å²) in [5, 5.41) is 22.3. The molecular formula is C58H72BrF2N8O11PS2. The van der Waals surface area contributed by atoms with E-state index in [4.69, 9.17) is 0 Å². The van der Waals surface area contributed by atoms with Crippen LogP contribution in [0.2, 0.25) is 0 Å². The molecule has 5 aromatic rings. The number of thiazole rings is 1. The molecule has 2 aliphatic rings. The first-order valence-electron chi connectivity index (χ1n) is 27.4. The Kier molecular flexibility index (Phi) is 20.9. The summed E-state index contributed by atoms with van der Waals surface area (Å²) in [7, 11) is -5.85. The minimum Gasteiger partial charge on any atom is -0.391 e. The Labute approximate surface area is 497 Å². The van der Waals surface area contributed by atoms with E-state index in [0.29, 0.717) is 42.5 Å². The van der Waals surface area contributed by atoms with E-state index in [2.05, 4.69) is 42.2 Å². The maximum atomic E-state index is 14.6. The highest BCUT2D eigenvalue weighted by Crippen LogP contribution is 2.59. The lowest BCUT2D eigenvalue weighted by atomic mass is 9.85. The Hall–Kier alpha value is -6.01. The Morgan fingerprint density at radius 1 is 0.819 bits per heavy atom. The monoisotopic (exact) mass is 1270 g/mol. The van der Waals surface area contributed by atoms with Crippen molar-refractivity contribution in [2.24, 2.45) is 10.8 Å². The number of nitrogens with one attached hydrogen (secondary N) is 4. The molecule has 2 aromatic heterocycles. The minimum absolute atomic E-state index is 0.0309. The predicted molar refractivity (Wildman–Crippen MR) is 317 cm³/mol. The Bertz CT molecular complexity index is 3240. The summed E-state index contributed by atoms with van der Waals surface area (Å²) in [4.78, 5) is 126. The van der Waals surface area contributed by atoms with E-state index in [1.54, 1.807) is 61.9 Å². The van der Waals surface area contributed by atoms with Crippen LogP contribution in [0.1, 0.15) is 119 Å². The molecule has 7 rings (SSSR count). The molecule has 4 heterocycles. The van der Waals surface area contributed by atoms with Gasteiger partial charge in [-0.2, -0.15) is 8.78 Å². The van der Waals surface area contributed by atoms with Crippen molar-refractivity contribution in [1.82, 2.24) is 36.1 Å². The number of fused-ring (bicyclic) bond motifs is 1. The van der Waals surface area contributed by atoms with Crippen molar-refractivity contribution in [3.63, 3.8) is 0 Å². The molecule has 0 aliphatic carbocycles. The van der Waals surface area contributed by atoms with Gasteiger partial charge in [0.2, 0.25) is 35.4 Å². The number of carbonyl (C=O) groups is 7. The third-order valence-corrected chi connectivity index (χ3v) is 18.4. The molecule has 2 aliphatic heterocycles. The van der Waals surface area contributed by atoms with Crippen LogP contribution in [0.5, 0.6) is 0 Å². The van der Waals surface area contributed by atoms with Gasteiger partial charge in [-0.3, -0.25) is 38.1 Å². The van der Waals surface area contributed by atoms with Gasteiger partial charge in [-0.05, 0) is 102 Å². The van der Waals surface area contributed by atoms with E-state index >= 15 is 0 Å². The van der Waals surface area contributed by atoms with Gasteiger partial charge in [-0.15, -0.1) is 22.7 Å². The third-order valence-electron chi connectivity index (χ3n) is 14.7. The molecule has 5 atom stereocenters. The highest BCUT2D eigenvalue weighted by Gasteiger charge is 2.51. The number of likely N-dealkylation sites (tertiary alicyclic amines) is 2. The average molecular weight is 1270 g/mol. The molecule has 448 valence electrons. The van der Waals surface area contributed by atoms with Crippen LogP contribution in [-0.4, -0.2) is 127 Å². The van der Waals surface area contributed by atoms with Gasteiger partial charge in [0.05, 0.1) is 27.1 Å². The van der Waals surface area contributed by atoms with Crippen molar-refractivity contribution in [2.75, 3.05) is 31.1 Å². The van der Waals surface area contributed by atoms with E-state index < -0.39 is 89.5 Å². The number of benzene rings is 3. The molecule has 2 saturated heterocycles. The number of aryl methyl sites for hydroxylation is 1. The molecular weight excluding hydrogens is 1200 g/mol. The molecule has 0 radical (unpaired) electrons. The third kappa shape index (κ3) is 16.1. The molecule has 0 bridgehead atoms. The standard InChI is InChI=1S/C58H72BrF2N8O11PS2/c1-34-48(82-33-64-34)36-16-14-35(15-17-36)31-63-51(73)43-30-41(70)32-69(43)55(77)49(56(2,3)4)65-47(72)13-9-8-10-25-62-46(71)24-27-67(40-21-19-39(59)20-22-40)53(75)42-12-11-26-68(42)54(76)50(57(5,6)7)66-52(74)45-29-37-28-38(18-23-44(37)83-45)58(60,61)81(78,79)80/h14-23,28-29,33,41-43,49-50,70H,8-13,24-27,30-32H2,1-7H3,(H,62,71)(H,63,73)(H,65,72)(H,66,74)(H2,78,79,80)/t41-,42+,43+,49-,50-/m1/s1. The lowest BCUT2D eigenvalue weighted by molar-refractivity contribution is -0.144. The zero-order valence-electron chi connectivity index (χ0n) is 47.4. The number of carbonyl (C=O) groups excluding carboxylic acids is 7. The van der Waals surface area contributed by atoms with Crippen molar-refractivity contribution in [3.8, 4) is 10.4 Å². The van der Waals surface area contributed by atoms with Crippen LogP contribution in [0.15, 0.2) is 82.8 Å². The molecule has 0 spiro atoms. The highest BCUT2D eigenvalue weighted by molar-refractivity contribution is 9.10. The molecule has 7 N–H and O–H groups in total. The summed E-state index contributed by atoms with van der Waals surface area (Å²) in [6.07, 6.45) is 1.49. The lowest BCUT2D eigenvalue weighted by Crippen LogP contribution is -2.58. The molecule has 0 unspecified atom stereocenters. The Balaban J connectivity index is 0.890. The second-order valence-electron chi connectivity index (χ2n) is 23.2. The van der Waals surface area contributed by atoms with E-state index in [1.165, 1.54) is 26.8 Å². The smallest absolute Gasteiger partial charge is 0.391 e. The van der Waals surface area contributed by atoms with Crippen molar-refractivity contribution in [1.29, 1.82) is 0 Å². The number of β-amino-alcohol motifs (C(OH)–C–C–N with tert-alkyl or cyclic N) is 1. The predicted octanol–water partition coefficient (Wildman–Crippen LogP) is 8.37. The summed E-state index contributed by atoms with van der Waals surface area (Å²) < 4.78 is 41.8. The highest BCUT2D eigenvalue weighted by atomic mass is 79.9. The average Bonchev–Trinajstić information content (AvgIpc) is 4.49. The molecule has 2 fully saturated rings. The van der Waals surface area contributed by atoms with E-state index in [0.717, 1.165) is 49.6 Å². The number of alkyl halides is 2. The fourth-order valence-corrected chi connectivity index (χ4v) is 12.6. The maximum Gasteiger partial charge on any atom is 0.399 e. The summed E-state index contributed by atoms with van der Waals surface area (Å²) in [5.74, 6) is -3.19. The van der Waals surface area contributed by atoms with Gasteiger partial charge in [0.1, 0.15) is 24.2 Å².